The maximum atomic E-state index is 12.8. The molecule has 0 radical (unpaired) electrons. The van der Waals surface area contributed by atoms with E-state index in [4.69, 9.17) is 0 Å². The normalized spacial score (nSPS) is 13.5. The number of anilines is 1. The van der Waals surface area contributed by atoms with E-state index in [1.54, 1.807) is 4.72 Å². The Bertz CT molecular complexity index is 390. The third kappa shape index (κ3) is 3.01. The van der Waals surface area contributed by atoms with Gasteiger partial charge in [-0.3, -0.25) is 0 Å². The summed E-state index contributed by atoms with van der Waals surface area (Å²) in [6.07, 6.45) is -6.32. The van der Waals surface area contributed by atoms with Crippen LogP contribution in [0, 0.1) is 0 Å². The number of rotatable bonds is 4. The Balaban J connectivity index is 2.77. The molecule has 0 spiro atoms. The van der Waals surface area contributed by atoms with E-state index in [0.717, 1.165) is 0 Å². The second kappa shape index (κ2) is 4.87. The Hall–Kier alpha value is -1.12. The maximum Gasteiger partial charge on any atom is 0.460 e. The van der Waals surface area contributed by atoms with E-state index < -0.39 is 29.3 Å². The van der Waals surface area contributed by atoms with E-state index in [2.05, 4.69) is 0 Å². The van der Waals surface area contributed by atoms with Crippen molar-refractivity contribution in [3.05, 3.63) is 30.3 Å². The Morgan fingerprint density at radius 2 is 1.33 bits per heavy atom. The average molecular weight is 293 g/mol. The lowest BCUT2D eigenvalue weighted by Crippen LogP contribution is -2.50. The molecule has 1 aromatic carbocycles. The van der Waals surface area contributed by atoms with Crippen LogP contribution in [0.15, 0.2) is 30.3 Å². The summed E-state index contributed by atoms with van der Waals surface area (Å²) in [6, 6.07) is 6.83. The van der Waals surface area contributed by atoms with E-state index in [9.17, 15) is 30.7 Å². The minimum Gasteiger partial charge on any atom is -0.325 e. The van der Waals surface area contributed by atoms with Crippen LogP contribution in [0.2, 0.25) is 0 Å². The van der Waals surface area contributed by atoms with Gasteiger partial charge in [-0.1, -0.05) is 18.2 Å². The van der Waals surface area contributed by atoms with Crippen LogP contribution in [0.25, 0.3) is 0 Å². The first-order chi connectivity index (χ1) is 8.08. The molecule has 1 N–H and O–H groups in total. The van der Waals surface area contributed by atoms with Crippen LogP contribution in [0.1, 0.15) is 0 Å². The molecule has 0 amide bonds. The van der Waals surface area contributed by atoms with Crippen LogP contribution < -0.4 is 4.72 Å². The number of alkyl halides is 7. The van der Waals surface area contributed by atoms with Crippen molar-refractivity contribution in [2.75, 3.05) is 4.72 Å². The second-order valence-corrected chi connectivity index (χ2v) is 4.08. The highest BCUT2D eigenvalue weighted by Gasteiger charge is 2.73. The number of benzene rings is 1. The first-order valence-corrected chi connectivity index (χ1v) is 5.21. The Morgan fingerprint density at radius 3 is 1.78 bits per heavy atom. The molecule has 1 aromatic rings. The number of nitrogens with one attached hydrogen (secondary N) is 1. The molecule has 0 bridgehead atoms. The van der Waals surface area contributed by atoms with Crippen LogP contribution in [-0.4, -0.2) is 17.4 Å². The Labute approximate surface area is 101 Å². The van der Waals surface area contributed by atoms with Crippen molar-refractivity contribution in [1.82, 2.24) is 0 Å². The highest BCUT2D eigenvalue weighted by atomic mass is 32.2. The maximum absolute atomic E-state index is 12.8. The van der Waals surface area contributed by atoms with Gasteiger partial charge in [0.2, 0.25) is 0 Å². The van der Waals surface area contributed by atoms with Gasteiger partial charge in [0.05, 0.1) is 0 Å². The quantitative estimate of drug-likeness (QED) is 0.646. The number of para-hydroxylation sites is 1. The molecule has 0 fully saturated rings. The first-order valence-electron chi connectivity index (χ1n) is 4.39. The van der Waals surface area contributed by atoms with Crippen LogP contribution in [0.5, 0.6) is 0 Å². The van der Waals surface area contributed by atoms with Gasteiger partial charge in [-0.2, -0.15) is 30.7 Å². The Kier molecular flexibility index (Phi) is 4.04. The van der Waals surface area contributed by atoms with Gasteiger partial charge in [0.25, 0.3) is 0 Å². The molecule has 0 aromatic heterocycles. The van der Waals surface area contributed by atoms with Crippen LogP contribution >= 0.6 is 11.9 Å². The van der Waals surface area contributed by atoms with Gasteiger partial charge in [0, 0.05) is 17.6 Å². The summed E-state index contributed by atoms with van der Waals surface area (Å²) in [5, 5.41) is -5.32. The molecular formula is C9H6F7NS. The third-order valence-corrected chi connectivity index (χ3v) is 2.64. The number of hydrogen-bond donors (Lipinski definition) is 1. The molecule has 1 rings (SSSR count). The summed E-state index contributed by atoms with van der Waals surface area (Å²) in [5.74, 6) is -6.12. The van der Waals surface area contributed by atoms with Crippen molar-refractivity contribution in [3.8, 4) is 0 Å². The predicted molar refractivity (Wildman–Crippen MR) is 53.6 cm³/mol. The Morgan fingerprint density at radius 1 is 0.833 bits per heavy atom. The van der Waals surface area contributed by atoms with Gasteiger partial charge < -0.3 is 4.72 Å². The van der Waals surface area contributed by atoms with Crippen LogP contribution in [-0.2, 0) is 0 Å². The fraction of sp³-hybridized carbons (Fsp3) is 0.333. The SMILES string of the molecule is FC(F)(F)C(F)(F)C(F)(F)SNc1ccccc1. The highest BCUT2D eigenvalue weighted by molar-refractivity contribution is 8.01. The zero-order valence-corrected chi connectivity index (χ0v) is 9.26. The molecule has 0 aliphatic rings. The smallest absolute Gasteiger partial charge is 0.325 e. The summed E-state index contributed by atoms with van der Waals surface area (Å²) in [7, 11) is 0. The van der Waals surface area contributed by atoms with Gasteiger partial charge in [0.1, 0.15) is 0 Å². The largest absolute Gasteiger partial charge is 0.460 e. The molecule has 9 heteroatoms. The van der Waals surface area contributed by atoms with Crippen molar-refractivity contribution in [2.45, 2.75) is 17.4 Å². The molecule has 0 aliphatic carbocycles. The van der Waals surface area contributed by atoms with Crippen molar-refractivity contribution >= 4 is 17.6 Å². The molecule has 0 unspecified atom stereocenters. The van der Waals surface area contributed by atoms with E-state index in [1.807, 2.05) is 0 Å². The van der Waals surface area contributed by atoms with Gasteiger partial charge in [-0.25, -0.2) is 0 Å². The molecule has 0 atom stereocenters. The molecule has 0 saturated carbocycles. The summed E-state index contributed by atoms with van der Waals surface area (Å²) in [6.45, 7) is 0. The van der Waals surface area contributed by atoms with Gasteiger partial charge in [0.15, 0.2) is 0 Å². The lowest BCUT2D eigenvalue weighted by Gasteiger charge is -2.27. The molecular weight excluding hydrogens is 287 g/mol. The van der Waals surface area contributed by atoms with Crippen LogP contribution in [0.3, 0.4) is 0 Å². The minimum absolute atomic E-state index is 0.0138. The zero-order chi connectivity index (χ0) is 14.0. The molecule has 0 saturated heterocycles. The highest BCUT2D eigenvalue weighted by Crippen LogP contribution is 2.51. The fourth-order valence-corrected chi connectivity index (χ4v) is 1.48. The monoisotopic (exact) mass is 293 g/mol. The molecule has 0 heterocycles. The minimum atomic E-state index is -6.32. The third-order valence-electron chi connectivity index (χ3n) is 1.79. The van der Waals surface area contributed by atoms with E-state index >= 15 is 0 Å². The van der Waals surface area contributed by atoms with Crippen molar-refractivity contribution in [1.29, 1.82) is 0 Å². The van der Waals surface area contributed by atoms with Crippen molar-refractivity contribution < 1.29 is 30.7 Å². The first kappa shape index (κ1) is 14.9. The lowest BCUT2D eigenvalue weighted by atomic mass is 10.3. The van der Waals surface area contributed by atoms with E-state index in [-0.39, 0.29) is 5.69 Å². The van der Waals surface area contributed by atoms with E-state index in [1.165, 1.54) is 30.3 Å². The number of halogens is 7. The summed E-state index contributed by atoms with van der Waals surface area (Å²) < 4.78 is 87.7. The molecule has 102 valence electrons. The molecule has 18 heavy (non-hydrogen) atoms. The predicted octanol–water partition coefficient (Wildman–Crippen LogP) is 4.54. The van der Waals surface area contributed by atoms with Crippen molar-refractivity contribution in [3.63, 3.8) is 0 Å². The summed E-state index contributed by atoms with van der Waals surface area (Å²) >= 11 is -0.988. The fourth-order valence-electron chi connectivity index (χ4n) is 0.858. The van der Waals surface area contributed by atoms with Crippen molar-refractivity contribution in [2.24, 2.45) is 0 Å². The molecule has 1 nitrogen and oxygen atoms in total. The van der Waals surface area contributed by atoms with Gasteiger partial charge >= 0.3 is 17.4 Å². The summed E-state index contributed by atoms with van der Waals surface area (Å²) in [5.41, 5.74) is -0.0138. The topological polar surface area (TPSA) is 12.0 Å². The zero-order valence-electron chi connectivity index (χ0n) is 8.44. The van der Waals surface area contributed by atoms with Crippen LogP contribution in [0.4, 0.5) is 36.4 Å². The average Bonchev–Trinajstić information content (AvgIpc) is 2.26. The number of hydrogen-bond acceptors (Lipinski definition) is 2. The van der Waals surface area contributed by atoms with Gasteiger partial charge in [-0.15, -0.1) is 0 Å². The van der Waals surface area contributed by atoms with Gasteiger partial charge in [-0.05, 0) is 12.1 Å². The molecule has 0 aliphatic heterocycles. The second-order valence-electron chi connectivity index (χ2n) is 3.16. The standard InChI is InChI=1S/C9H6F7NS/c10-7(11,8(12,13)14)9(15,16)18-17-6-4-2-1-3-5-6/h1-5,17H. The summed E-state index contributed by atoms with van der Waals surface area (Å²) in [4.78, 5) is 0. The lowest BCUT2D eigenvalue weighted by molar-refractivity contribution is -0.330. The van der Waals surface area contributed by atoms with E-state index in [0.29, 0.717) is 0 Å².